The third-order valence-corrected chi connectivity index (χ3v) is 8.79. The van der Waals surface area contributed by atoms with Gasteiger partial charge in [0.25, 0.3) is 0 Å². The Morgan fingerprint density at radius 2 is 1.93 bits per heavy atom. The molecule has 0 bridgehead atoms. The fourth-order valence-electron chi connectivity index (χ4n) is 5.70. The van der Waals surface area contributed by atoms with Crippen molar-refractivity contribution < 1.29 is 22.7 Å². The van der Waals surface area contributed by atoms with Gasteiger partial charge in [0, 0.05) is 58.6 Å². The van der Waals surface area contributed by atoms with Crippen molar-refractivity contribution in [3.05, 3.63) is 71.6 Å². The molecular formula is C29H28FN5O4S. The summed E-state index contributed by atoms with van der Waals surface area (Å²) in [5.74, 6) is -1.65. The van der Waals surface area contributed by atoms with Crippen LogP contribution in [0.15, 0.2) is 48.8 Å². The SMILES string of the molecule is CC(C)c1c(-c2cc(F)cc3[nH]ccc23)[nH]c(C(=O)O)c1-c1ccnc2[nH]c(C3=CCN(S(C)(=O)=O)CC3)cc12. The van der Waals surface area contributed by atoms with E-state index in [1.54, 1.807) is 18.5 Å². The number of H-pyrrole nitrogens is 3. The van der Waals surface area contributed by atoms with Crippen molar-refractivity contribution in [1.82, 2.24) is 24.2 Å². The van der Waals surface area contributed by atoms with Crippen molar-refractivity contribution in [2.45, 2.75) is 26.2 Å². The Kier molecular flexibility index (Phi) is 6.15. The Labute approximate surface area is 229 Å². The van der Waals surface area contributed by atoms with Crippen LogP contribution in [-0.4, -0.2) is 63.1 Å². The van der Waals surface area contributed by atoms with E-state index in [1.807, 2.05) is 32.1 Å². The number of aromatic nitrogens is 4. The van der Waals surface area contributed by atoms with Gasteiger partial charge < -0.3 is 20.1 Å². The van der Waals surface area contributed by atoms with Gasteiger partial charge in [-0.15, -0.1) is 0 Å². The fourth-order valence-corrected chi connectivity index (χ4v) is 6.47. The lowest BCUT2D eigenvalue weighted by Crippen LogP contribution is -2.33. The molecule has 11 heteroatoms. The summed E-state index contributed by atoms with van der Waals surface area (Å²) in [6.45, 7) is 4.63. The predicted molar refractivity (Wildman–Crippen MR) is 153 cm³/mol. The lowest BCUT2D eigenvalue weighted by atomic mass is 9.89. The number of aromatic carboxylic acids is 1. The highest BCUT2D eigenvalue weighted by Crippen LogP contribution is 2.44. The number of nitrogens with one attached hydrogen (secondary N) is 3. The van der Waals surface area contributed by atoms with Gasteiger partial charge >= 0.3 is 5.97 Å². The molecule has 0 saturated carbocycles. The number of carbonyl (C=O) groups is 1. The first-order valence-corrected chi connectivity index (χ1v) is 14.8. The number of halogens is 1. The Hall–Kier alpha value is -4.22. The smallest absolute Gasteiger partial charge is 0.352 e. The topological polar surface area (TPSA) is 135 Å². The Morgan fingerprint density at radius 3 is 2.60 bits per heavy atom. The average molecular weight is 562 g/mol. The molecule has 0 unspecified atom stereocenters. The third kappa shape index (κ3) is 4.31. The second-order valence-corrected chi connectivity index (χ2v) is 12.4. The maximum absolute atomic E-state index is 14.7. The van der Waals surface area contributed by atoms with Gasteiger partial charge in [-0.3, -0.25) is 0 Å². The van der Waals surface area contributed by atoms with E-state index in [0.29, 0.717) is 46.5 Å². The van der Waals surface area contributed by atoms with Crippen LogP contribution in [0, 0.1) is 5.82 Å². The number of hydrogen-bond acceptors (Lipinski definition) is 4. The standard InChI is InChI=1S/C29H28FN5O4S/c1-15(2)24-25(27(29(36)37)34-26(24)20-12-17(30)13-23-18(20)4-8-31-23)19-5-9-32-28-21(19)14-22(33-28)16-6-10-35(11-7-16)40(3,38)39/h4-6,8-9,12-15,31,34H,7,10-11H2,1-3H3,(H,32,33)(H,36,37). The fraction of sp³-hybridized carbons (Fsp3) is 0.241. The number of carboxylic acids is 1. The zero-order valence-electron chi connectivity index (χ0n) is 22.2. The number of fused-ring (bicyclic) bond motifs is 2. The average Bonchev–Trinajstić information content (AvgIpc) is 3.63. The molecule has 40 heavy (non-hydrogen) atoms. The highest BCUT2D eigenvalue weighted by molar-refractivity contribution is 7.88. The maximum Gasteiger partial charge on any atom is 0.352 e. The van der Waals surface area contributed by atoms with Gasteiger partial charge in [0.15, 0.2) is 0 Å². The van der Waals surface area contributed by atoms with Gasteiger partial charge in [0.1, 0.15) is 17.2 Å². The summed E-state index contributed by atoms with van der Waals surface area (Å²) in [6, 6.07) is 8.42. The normalized spacial score (nSPS) is 14.9. The molecule has 0 saturated heterocycles. The van der Waals surface area contributed by atoms with Crippen LogP contribution in [0.1, 0.15) is 47.9 Å². The first kappa shape index (κ1) is 26.0. The Morgan fingerprint density at radius 1 is 1.12 bits per heavy atom. The van der Waals surface area contributed by atoms with E-state index in [4.69, 9.17) is 0 Å². The summed E-state index contributed by atoms with van der Waals surface area (Å²) in [7, 11) is -3.28. The number of nitrogens with zero attached hydrogens (tertiary/aromatic N) is 2. The van der Waals surface area contributed by atoms with Crippen LogP contribution in [0.3, 0.4) is 0 Å². The lowest BCUT2D eigenvalue weighted by molar-refractivity contribution is 0.0692. The van der Waals surface area contributed by atoms with Crippen molar-refractivity contribution >= 4 is 43.5 Å². The number of rotatable bonds is 6. The van der Waals surface area contributed by atoms with Crippen LogP contribution in [0.2, 0.25) is 0 Å². The number of sulfonamides is 1. The summed E-state index contributed by atoms with van der Waals surface area (Å²) in [4.78, 5) is 26.6. The second kappa shape index (κ2) is 9.46. The van der Waals surface area contributed by atoms with Crippen molar-refractivity contribution in [2.24, 2.45) is 0 Å². The molecule has 1 aromatic carbocycles. The number of hydrogen-bond donors (Lipinski definition) is 4. The third-order valence-electron chi connectivity index (χ3n) is 7.52. The minimum absolute atomic E-state index is 0.0163. The maximum atomic E-state index is 14.7. The molecule has 4 aromatic heterocycles. The van der Waals surface area contributed by atoms with Crippen LogP contribution in [0.5, 0.6) is 0 Å². The molecule has 206 valence electrons. The predicted octanol–water partition coefficient (Wildman–Crippen LogP) is 5.72. The molecule has 0 spiro atoms. The molecule has 1 aliphatic heterocycles. The first-order valence-electron chi connectivity index (χ1n) is 12.9. The largest absolute Gasteiger partial charge is 0.477 e. The van der Waals surface area contributed by atoms with Gasteiger partial charge in [-0.05, 0) is 59.4 Å². The minimum Gasteiger partial charge on any atom is -0.477 e. The number of carboxylic acid groups (broad SMARTS) is 1. The zero-order valence-corrected chi connectivity index (χ0v) is 23.0. The van der Waals surface area contributed by atoms with Crippen molar-refractivity contribution in [2.75, 3.05) is 19.3 Å². The van der Waals surface area contributed by atoms with Gasteiger partial charge in [-0.2, -0.15) is 4.31 Å². The quantitative estimate of drug-likeness (QED) is 0.210. The van der Waals surface area contributed by atoms with Crippen LogP contribution < -0.4 is 0 Å². The molecule has 0 radical (unpaired) electrons. The molecule has 5 aromatic rings. The van der Waals surface area contributed by atoms with E-state index >= 15 is 0 Å². The number of pyridine rings is 1. The van der Waals surface area contributed by atoms with Gasteiger partial charge in [-0.25, -0.2) is 22.6 Å². The highest BCUT2D eigenvalue weighted by atomic mass is 32.2. The van der Waals surface area contributed by atoms with Crippen LogP contribution >= 0.6 is 0 Å². The first-order chi connectivity index (χ1) is 19.0. The van der Waals surface area contributed by atoms with Crippen LogP contribution in [-0.2, 0) is 10.0 Å². The van der Waals surface area contributed by atoms with E-state index < -0.39 is 21.8 Å². The van der Waals surface area contributed by atoms with Gasteiger partial charge in [0.2, 0.25) is 10.0 Å². The second-order valence-electron chi connectivity index (χ2n) is 10.4. The highest BCUT2D eigenvalue weighted by Gasteiger charge is 2.29. The summed E-state index contributed by atoms with van der Waals surface area (Å²) in [5, 5.41) is 11.8. The minimum atomic E-state index is -3.28. The van der Waals surface area contributed by atoms with E-state index in [9.17, 15) is 22.7 Å². The summed E-state index contributed by atoms with van der Waals surface area (Å²) in [6.07, 6.45) is 6.99. The molecule has 0 amide bonds. The molecule has 6 rings (SSSR count). The lowest BCUT2D eigenvalue weighted by Gasteiger charge is -2.23. The number of aromatic amines is 3. The summed E-state index contributed by atoms with van der Waals surface area (Å²) >= 11 is 0. The van der Waals surface area contributed by atoms with Gasteiger partial charge in [0.05, 0.1) is 11.9 Å². The van der Waals surface area contributed by atoms with Crippen molar-refractivity contribution in [3.8, 4) is 22.4 Å². The molecule has 9 nitrogen and oxygen atoms in total. The van der Waals surface area contributed by atoms with E-state index in [0.717, 1.165) is 27.6 Å². The van der Waals surface area contributed by atoms with Gasteiger partial charge in [-0.1, -0.05) is 19.9 Å². The molecule has 0 aliphatic carbocycles. The molecule has 0 fully saturated rings. The van der Waals surface area contributed by atoms with Crippen LogP contribution in [0.4, 0.5) is 4.39 Å². The molecule has 1 aliphatic rings. The summed E-state index contributed by atoms with van der Waals surface area (Å²) < 4.78 is 39.9. The number of benzene rings is 1. The van der Waals surface area contributed by atoms with E-state index in [-0.39, 0.29) is 18.2 Å². The van der Waals surface area contributed by atoms with E-state index in [1.165, 1.54) is 22.7 Å². The van der Waals surface area contributed by atoms with Crippen LogP contribution in [0.25, 0.3) is 49.9 Å². The monoisotopic (exact) mass is 561 g/mol. The molecule has 5 heterocycles. The molecular weight excluding hydrogens is 533 g/mol. The molecule has 4 N–H and O–H groups in total. The van der Waals surface area contributed by atoms with Crippen molar-refractivity contribution in [3.63, 3.8) is 0 Å². The zero-order chi connectivity index (χ0) is 28.3. The van der Waals surface area contributed by atoms with Crippen molar-refractivity contribution in [1.29, 1.82) is 0 Å². The van der Waals surface area contributed by atoms with E-state index in [2.05, 4.69) is 19.9 Å². The Bertz CT molecular complexity index is 1950. The summed E-state index contributed by atoms with van der Waals surface area (Å²) in [5.41, 5.74) is 6.12. The molecule has 0 atom stereocenters. The Balaban J connectivity index is 1.55.